The molecule has 4 rings (SSSR count). The molecule has 0 radical (unpaired) electrons. The number of hydrogen-bond donors (Lipinski definition) is 0. The summed E-state index contributed by atoms with van der Waals surface area (Å²) in [6.45, 7) is 3.57. The zero-order valence-corrected chi connectivity index (χ0v) is 13.5. The van der Waals surface area contributed by atoms with E-state index in [2.05, 4.69) is 25.9 Å². The van der Waals surface area contributed by atoms with Crippen molar-refractivity contribution in [2.45, 2.75) is 44.4 Å². The monoisotopic (exact) mass is 312 g/mol. The number of rotatable bonds is 4. The topological polar surface area (TPSA) is 43.2 Å². The van der Waals surface area contributed by atoms with Gasteiger partial charge in [0.25, 0.3) is 0 Å². The quantitative estimate of drug-likeness (QED) is 0.870. The van der Waals surface area contributed by atoms with Crippen LogP contribution in [-0.4, -0.2) is 39.4 Å². The van der Waals surface area contributed by atoms with Crippen molar-refractivity contribution in [2.24, 2.45) is 0 Å². The first-order valence-electron chi connectivity index (χ1n) is 8.66. The first-order chi connectivity index (χ1) is 11.4. The lowest BCUT2D eigenvalue weighted by atomic mass is 10.1. The number of nitrogens with zero attached hydrogens (tertiary/aromatic N) is 4. The lowest BCUT2D eigenvalue weighted by molar-refractivity contribution is -0.0350. The van der Waals surface area contributed by atoms with Crippen LogP contribution in [0.5, 0.6) is 0 Å². The van der Waals surface area contributed by atoms with E-state index in [0.29, 0.717) is 6.04 Å². The molecule has 5 heteroatoms. The molecule has 1 saturated carbocycles. The Kier molecular flexibility index (Phi) is 4.39. The Bertz CT molecular complexity index is 621. The van der Waals surface area contributed by atoms with Gasteiger partial charge in [0.05, 0.1) is 24.5 Å². The molecule has 1 saturated heterocycles. The first kappa shape index (κ1) is 14.8. The number of ether oxygens (including phenoxy) is 1. The van der Waals surface area contributed by atoms with Gasteiger partial charge in [-0.1, -0.05) is 18.9 Å². The van der Waals surface area contributed by atoms with Crippen molar-refractivity contribution in [1.82, 2.24) is 19.7 Å². The summed E-state index contributed by atoms with van der Waals surface area (Å²) in [5.41, 5.74) is 2.33. The zero-order chi connectivity index (χ0) is 15.5. The molecular formula is C18H24N4O. The average molecular weight is 312 g/mol. The van der Waals surface area contributed by atoms with Crippen LogP contribution in [0, 0.1) is 0 Å². The first-order valence-corrected chi connectivity index (χ1v) is 8.66. The maximum Gasteiger partial charge on any atom is 0.112 e. The maximum atomic E-state index is 5.89. The summed E-state index contributed by atoms with van der Waals surface area (Å²) in [6, 6.07) is 6.64. The second kappa shape index (κ2) is 6.81. The van der Waals surface area contributed by atoms with Crippen LogP contribution in [0.3, 0.4) is 0 Å². The van der Waals surface area contributed by atoms with Gasteiger partial charge in [-0.05, 0) is 25.0 Å². The van der Waals surface area contributed by atoms with Crippen molar-refractivity contribution >= 4 is 0 Å². The van der Waals surface area contributed by atoms with E-state index in [1.165, 1.54) is 31.2 Å². The molecule has 122 valence electrons. The molecule has 0 N–H and O–H groups in total. The van der Waals surface area contributed by atoms with E-state index in [-0.39, 0.29) is 6.10 Å². The molecule has 0 amide bonds. The predicted octanol–water partition coefficient (Wildman–Crippen LogP) is 2.97. The van der Waals surface area contributed by atoms with Gasteiger partial charge >= 0.3 is 0 Å². The van der Waals surface area contributed by atoms with Crippen molar-refractivity contribution in [2.75, 3.05) is 19.7 Å². The van der Waals surface area contributed by atoms with Crippen LogP contribution in [0.4, 0.5) is 0 Å². The van der Waals surface area contributed by atoms with Crippen LogP contribution in [0.25, 0.3) is 0 Å². The standard InChI is InChI=1S/C18H24N4O/c1-2-6-16(5-1)22-13-15(11-20-22)12-21-9-10-23-18(14-21)17-7-3-4-8-19-17/h3-4,7-8,11,13,16,18H,1-2,5-6,9-10,12,14H2/t18-/m1/s1. The highest BCUT2D eigenvalue weighted by Gasteiger charge is 2.23. The molecule has 1 aliphatic heterocycles. The minimum Gasteiger partial charge on any atom is -0.369 e. The Morgan fingerprint density at radius 2 is 2.13 bits per heavy atom. The lowest BCUT2D eigenvalue weighted by Crippen LogP contribution is -2.38. The van der Waals surface area contributed by atoms with Gasteiger partial charge in [-0.3, -0.25) is 14.6 Å². The van der Waals surface area contributed by atoms with E-state index in [1.54, 1.807) is 0 Å². The van der Waals surface area contributed by atoms with Gasteiger partial charge in [-0.2, -0.15) is 5.10 Å². The normalized spacial score (nSPS) is 23.4. The van der Waals surface area contributed by atoms with E-state index >= 15 is 0 Å². The second-order valence-corrected chi connectivity index (χ2v) is 6.62. The van der Waals surface area contributed by atoms with E-state index in [1.807, 2.05) is 30.6 Å². The third kappa shape index (κ3) is 3.46. The van der Waals surface area contributed by atoms with E-state index in [0.717, 1.165) is 31.9 Å². The summed E-state index contributed by atoms with van der Waals surface area (Å²) in [5.74, 6) is 0. The van der Waals surface area contributed by atoms with Crippen molar-refractivity contribution in [3.63, 3.8) is 0 Å². The smallest absolute Gasteiger partial charge is 0.112 e. The fourth-order valence-corrected chi connectivity index (χ4v) is 3.68. The van der Waals surface area contributed by atoms with Crippen LogP contribution in [-0.2, 0) is 11.3 Å². The SMILES string of the molecule is c1ccc([C@H]2CN(Cc3cnn(C4CCCC4)c3)CCO2)nc1. The molecule has 5 nitrogen and oxygen atoms in total. The van der Waals surface area contributed by atoms with Gasteiger partial charge in [-0.25, -0.2) is 0 Å². The minimum absolute atomic E-state index is 0.0785. The van der Waals surface area contributed by atoms with Crippen LogP contribution < -0.4 is 0 Å². The number of aromatic nitrogens is 3. The Morgan fingerprint density at radius 3 is 2.96 bits per heavy atom. The molecule has 2 aliphatic rings. The molecule has 1 atom stereocenters. The Hall–Kier alpha value is -1.72. The highest BCUT2D eigenvalue weighted by molar-refractivity contribution is 5.09. The van der Waals surface area contributed by atoms with Gasteiger partial charge in [0.2, 0.25) is 0 Å². The predicted molar refractivity (Wildman–Crippen MR) is 87.9 cm³/mol. The van der Waals surface area contributed by atoms with Gasteiger partial charge in [0.1, 0.15) is 6.10 Å². The Balaban J connectivity index is 1.38. The highest BCUT2D eigenvalue weighted by atomic mass is 16.5. The third-order valence-corrected chi connectivity index (χ3v) is 4.93. The van der Waals surface area contributed by atoms with Gasteiger partial charge in [0, 0.05) is 37.6 Å². The van der Waals surface area contributed by atoms with Crippen molar-refractivity contribution in [1.29, 1.82) is 0 Å². The fraction of sp³-hybridized carbons (Fsp3) is 0.556. The summed E-state index contributed by atoms with van der Waals surface area (Å²) in [6.07, 6.45) is 11.4. The largest absolute Gasteiger partial charge is 0.369 e. The zero-order valence-electron chi connectivity index (χ0n) is 13.5. The van der Waals surface area contributed by atoms with Crippen molar-refractivity contribution in [3.8, 4) is 0 Å². The summed E-state index contributed by atoms with van der Waals surface area (Å²) in [7, 11) is 0. The van der Waals surface area contributed by atoms with Crippen molar-refractivity contribution < 1.29 is 4.74 Å². The van der Waals surface area contributed by atoms with Gasteiger partial charge in [0.15, 0.2) is 0 Å². The summed E-state index contributed by atoms with van der Waals surface area (Å²) in [4.78, 5) is 6.88. The van der Waals surface area contributed by atoms with Crippen LogP contribution >= 0.6 is 0 Å². The van der Waals surface area contributed by atoms with Crippen LogP contribution in [0.2, 0.25) is 0 Å². The second-order valence-electron chi connectivity index (χ2n) is 6.62. The molecule has 0 spiro atoms. The van der Waals surface area contributed by atoms with E-state index < -0.39 is 0 Å². The Morgan fingerprint density at radius 1 is 1.22 bits per heavy atom. The van der Waals surface area contributed by atoms with E-state index in [9.17, 15) is 0 Å². The lowest BCUT2D eigenvalue weighted by Gasteiger charge is -2.32. The molecule has 2 fully saturated rings. The van der Waals surface area contributed by atoms with Crippen LogP contribution in [0.1, 0.15) is 49.1 Å². The highest BCUT2D eigenvalue weighted by Crippen LogP contribution is 2.29. The van der Waals surface area contributed by atoms with Gasteiger partial charge < -0.3 is 4.74 Å². The maximum absolute atomic E-state index is 5.89. The fourth-order valence-electron chi connectivity index (χ4n) is 3.68. The molecular weight excluding hydrogens is 288 g/mol. The molecule has 2 aromatic rings. The van der Waals surface area contributed by atoms with Crippen molar-refractivity contribution in [3.05, 3.63) is 48.0 Å². The molecule has 23 heavy (non-hydrogen) atoms. The van der Waals surface area contributed by atoms with Gasteiger partial charge in [-0.15, -0.1) is 0 Å². The number of pyridine rings is 1. The average Bonchev–Trinajstić information content (AvgIpc) is 3.27. The molecule has 0 bridgehead atoms. The molecule has 3 heterocycles. The number of morpholine rings is 1. The molecule has 1 aliphatic carbocycles. The molecule has 2 aromatic heterocycles. The number of hydrogen-bond acceptors (Lipinski definition) is 4. The third-order valence-electron chi connectivity index (χ3n) is 4.93. The minimum atomic E-state index is 0.0785. The summed E-state index contributed by atoms with van der Waals surface area (Å²) >= 11 is 0. The van der Waals surface area contributed by atoms with Crippen LogP contribution in [0.15, 0.2) is 36.8 Å². The Labute approximate surface area is 137 Å². The summed E-state index contributed by atoms with van der Waals surface area (Å²) in [5, 5.41) is 4.59. The molecule has 0 aromatic carbocycles. The summed E-state index contributed by atoms with van der Waals surface area (Å²) < 4.78 is 8.07. The van der Waals surface area contributed by atoms with E-state index in [4.69, 9.17) is 4.74 Å². The molecule has 0 unspecified atom stereocenters.